The van der Waals surface area contributed by atoms with E-state index in [1.807, 2.05) is 10.9 Å². The van der Waals surface area contributed by atoms with Crippen LogP contribution in [-0.2, 0) is 16.1 Å². The molecule has 0 spiro atoms. The molecule has 3 N–H and O–H groups in total. The van der Waals surface area contributed by atoms with Gasteiger partial charge in [0.1, 0.15) is 0 Å². The number of nitrogens with one attached hydrogen (secondary N) is 1. The van der Waals surface area contributed by atoms with Crippen molar-refractivity contribution < 1.29 is 9.53 Å². The van der Waals surface area contributed by atoms with Gasteiger partial charge in [-0.3, -0.25) is 9.48 Å². The molecule has 1 aromatic heterocycles. The predicted molar refractivity (Wildman–Crippen MR) is 83.1 cm³/mol. The molecule has 0 aromatic carbocycles. The molecule has 1 rings (SSSR count). The standard InChI is InChI=1S/C14H27N5O2/c1-4-18(5-2)7-8-19-11-12(10-16-19)17-14(20)13(15)6-9-21-3/h10-11,13H,4-9,15H2,1-3H3,(H,17,20). The minimum atomic E-state index is -0.566. The third-order valence-electron chi connectivity index (χ3n) is 3.41. The highest BCUT2D eigenvalue weighted by Crippen LogP contribution is 2.06. The van der Waals surface area contributed by atoms with Crippen molar-refractivity contribution in [1.82, 2.24) is 14.7 Å². The van der Waals surface area contributed by atoms with Gasteiger partial charge in [-0.15, -0.1) is 0 Å². The van der Waals surface area contributed by atoms with E-state index in [9.17, 15) is 4.79 Å². The SMILES string of the molecule is CCN(CC)CCn1cc(NC(=O)C(N)CCOC)cn1. The molecule has 1 atom stereocenters. The summed E-state index contributed by atoms with van der Waals surface area (Å²) in [6.45, 7) is 8.53. The summed E-state index contributed by atoms with van der Waals surface area (Å²) in [5.41, 5.74) is 6.44. The largest absolute Gasteiger partial charge is 0.385 e. The zero-order valence-electron chi connectivity index (χ0n) is 13.2. The van der Waals surface area contributed by atoms with E-state index in [1.165, 1.54) is 0 Å². The molecule has 0 saturated heterocycles. The van der Waals surface area contributed by atoms with E-state index < -0.39 is 6.04 Å². The van der Waals surface area contributed by atoms with Crippen LogP contribution in [-0.4, -0.2) is 60.0 Å². The van der Waals surface area contributed by atoms with Crippen molar-refractivity contribution in [3.05, 3.63) is 12.4 Å². The Labute approximate surface area is 126 Å². The first-order valence-electron chi connectivity index (χ1n) is 7.40. The normalized spacial score (nSPS) is 12.6. The number of hydrogen-bond donors (Lipinski definition) is 2. The molecule has 0 aliphatic rings. The lowest BCUT2D eigenvalue weighted by atomic mass is 10.2. The first-order valence-corrected chi connectivity index (χ1v) is 7.40. The van der Waals surface area contributed by atoms with Gasteiger partial charge < -0.3 is 20.7 Å². The summed E-state index contributed by atoms with van der Waals surface area (Å²) in [5, 5.41) is 7.01. The van der Waals surface area contributed by atoms with Gasteiger partial charge in [0.2, 0.25) is 5.91 Å². The highest BCUT2D eigenvalue weighted by molar-refractivity contribution is 5.94. The molecular weight excluding hydrogens is 270 g/mol. The van der Waals surface area contributed by atoms with Crippen LogP contribution < -0.4 is 11.1 Å². The molecule has 7 heteroatoms. The molecule has 1 heterocycles. The number of rotatable bonds is 10. The monoisotopic (exact) mass is 297 g/mol. The molecular formula is C14H27N5O2. The summed E-state index contributed by atoms with van der Waals surface area (Å²) in [4.78, 5) is 14.2. The van der Waals surface area contributed by atoms with Gasteiger partial charge in [-0.1, -0.05) is 13.8 Å². The maximum Gasteiger partial charge on any atom is 0.241 e. The Balaban J connectivity index is 2.42. The molecule has 0 fully saturated rings. The first-order chi connectivity index (χ1) is 10.1. The Kier molecular flexibility index (Phi) is 7.96. The Morgan fingerprint density at radius 1 is 1.52 bits per heavy atom. The molecule has 0 aliphatic heterocycles. The third kappa shape index (κ3) is 6.24. The Morgan fingerprint density at radius 2 is 2.24 bits per heavy atom. The minimum absolute atomic E-state index is 0.213. The van der Waals surface area contributed by atoms with Gasteiger partial charge in [0.05, 0.1) is 24.5 Å². The summed E-state index contributed by atoms with van der Waals surface area (Å²) >= 11 is 0. The number of carbonyl (C=O) groups is 1. The van der Waals surface area contributed by atoms with Gasteiger partial charge in [0.15, 0.2) is 0 Å². The number of hydrogen-bond acceptors (Lipinski definition) is 5. The van der Waals surface area contributed by atoms with Crippen molar-refractivity contribution in [2.45, 2.75) is 32.9 Å². The van der Waals surface area contributed by atoms with Crippen LogP contribution in [0, 0.1) is 0 Å². The summed E-state index contributed by atoms with van der Waals surface area (Å²) in [7, 11) is 1.59. The van der Waals surface area contributed by atoms with E-state index in [0.29, 0.717) is 18.7 Å². The average molecular weight is 297 g/mol. The van der Waals surface area contributed by atoms with Crippen LogP contribution in [0.1, 0.15) is 20.3 Å². The fourth-order valence-electron chi connectivity index (χ4n) is 1.94. The van der Waals surface area contributed by atoms with Crippen molar-refractivity contribution in [3.8, 4) is 0 Å². The van der Waals surface area contributed by atoms with E-state index in [0.717, 1.165) is 26.2 Å². The maximum absolute atomic E-state index is 11.8. The van der Waals surface area contributed by atoms with Crippen molar-refractivity contribution >= 4 is 11.6 Å². The van der Waals surface area contributed by atoms with Crippen LogP contribution in [0.4, 0.5) is 5.69 Å². The second-order valence-electron chi connectivity index (χ2n) is 4.90. The van der Waals surface area contributed by atoms with E-state index >= 15 is 0 Å². The van der Waals surface area contributed by atoms with E-state index in [1.54, 1.807) is 13.3 Å². The second-order valence-corrected chi connectivity index (χ2v) is 4.90. The van der Waals surface area contributed by atoms with Gasteiger partial charge >= 0.3 is 0 Å². The van der Waals surface area contributed by atoms with Crippen LogP contribution in [0.5, 0.6) is 0 Å². The summed E-state index contributed by atoms with van der Waals surface area (Å²) in [5.74, 6) is -0.213. The van der Waals surface area contributed by atoms with Gasteiger partial charge in [0.25, 0.3) is 0 Å². The van der Waals surface area contributed by atoms with Crippen LogP contribution in [0.25, 0.3) is 0 Å². The van der Waals surface area contributed by atoms with Crippen molar-refractivity contribution in [2.75, 3.05) is 38.7 Å². The summed E-state index contributed by atoms with van der Waals surface area (Å²) in [6, 6.07) is -0.566. The van der Waals surface area contributed by atoms with Gasteiger partial charge in [-0.25, -0.2) is 0 Å². The molecule has 120 valence electrons. The molecule has 0 saturated carbocycles. The third-order valence-corrected chi connectivity index (χ3v) is 3.41. The van der Waals surface area contributed by atoms with E-state index in [4.69, 9.17) is 10.5 Å². The number of amides is 1. The number of aromatic nitrogens is 2. The Hall–Kier alpha value is -1.44. The molecule has 0 aliphatic carbocycles. The number of ether oxygens (including phenoxy) is 1. The highest BCUT2D eigenvalue weighted by Gasteiger charge is 2.14. The lowest BCUT2D eigenvalue weighted by molar-refractivity contribution is -0.117. The van der Waals surface area contributed by atoms with Crippen LogP contribution in [0.3, 0.4) is 0 Å². The summed E-state index contributed by atoms with van der Waals surface area (Å²) in [6.07, 6.45) is 3.96. The topological polar surface area (TPSA) is 85.4 Å². The number of likely N-dealkylation sites (N-methyl/N-ethyl adjacent to an activating group) is 1. The maximum atomic E-state index is 11.8. The zero-order chi connectivity index (χ0) is 15.7. The molecule has 1 unspecified atom stereocenters. The number of methoxy groups -OCH3 is 1. The van der Waals surface area contributed by atoms with Gasteiger partial charge in [-0.05, 0) is 19.5 Å². The van der Waals surface area contributed by atoms with Crippen molar-refractivity contribution in [1.29, 1.82) is 0 Å². The summed E-state index contributed by atoms with van der Waals surface area (Å²) < 4.78 is 6.74. The first kappa shape index (κ1) is 17.6. The number of carbonyl (C=O) groups excluding carboxylic acids is 1. The second kappa shape index (κ2) is 9.49. The number of anilines is 1. The molecule has 1 amide bonds. The van der Waals surface area contributed by atoms with Crippen molar-refractivity contribution in [2.24, 2.45) is 5.73 Å². The molecule has 0 radical (unpaired) electrons. The van der Waals surface area contributed by atoms with Gasteiger partial charge in [-0.2, -0.15) is 5.10 Å². The van der Waals surface area contributed by atoms with Crippen LogP contribution in [0.2, 0.25) is 0 Å². The Morgan fingerprint density at radius 3 is 2.86 bits per heavy atom. The number of nitrogens with zero attached hydrogens (tertiary/aromatic N) is 3. The minimum Gasteiger partial charge on any atom is -0.385 e. The lowest BCUT2D eigenvalue weighted by Crippen LogP contribution is -2.36. The fourth-order valence-corrected chi connectivity index (χ4v) is 1.94. The predicted octanol–water partition coefficient (Wildman–Crippen LogP) is 0.527. The van der Waals surface area contributed by atoms with E-state index in [-0.39, 0.29) is 5.91 Å². The number of nitrogens with two attached hydrogens (primary N) is 1. The lowest BCUT2D eigenvalue weighted by Gasteiger charge is -2.17. The van der Waals surface area contributed by atoms with Crippen LogP contribution in [0.15, 0.2) is 12.4 Å². The van der Waals surface area contributed by atoms with Gasteiger partial charge in [0, 0.05) is 26.5 Å². The average Bonchev–Trinajstić information content (AvgIpc) is 2.93. The zero-order valence-corrected chi connectivity index (χ0v) is 13.2. The smallest absolute Gasteiger partial charge is 0.241 e. The van der Waals surface area contributed by atoms with E-state index in [2.05, 4.69) is 29.2 Å². The fraction of sp³-hybridized carbons (Fsp3) is 0.714. The Bertz CT molecular complexity index is 417. The molecule has 21 heavy (non-hydrogen) atoms. The van der Waals surface area contributed by atoms with Crippen LogP contribution >= 0.6 is 0 Å². The highest BCUT2D eigenvalue weighted by atomic mass is 16.5. The van der Waals surface area contributed by atoms with Crippen molar-refractivity contribution in [3.63, 3.8) is 0 Å². The molecule has 0 bridgehead atoms. The molecule has 7 nitrogen and oxygen atoms in total. The quantitative estimate of drug-likeness (QED) is 0.658. The molecule has 1 aromatic rings.